The number of allylic oxidation sites excluding steroid dienone is 6. The zero-order valence-corrected chi connectivity index (χ0v) is 12.3. The lowest BCUT2D eigenvalue weighted by atomic mass is 9.53. The lowest BCUT2D eigenvalue weighted by Crippen LogP contribution is -2.44. The van der Waals surface area contributed by atoms with Crippen LogP contribution in [0.1, 0.15) is 46.0 Å². The van der Waals surface area contributed by atoms with Gasteiger partial charge in [0.05, 0.1) is 0 Å². The van der Waals surface area contributed by atoms with E-state index in [2.05, 4.69) is 44.2 Å². The molecule has 0 aromatic heterocycles. The Kier molecular flexibility index (Phi) is 2.59. The van der Waals surface area contributed by atoms with Gasteiger partial charge in [-0.2, -0.15) is 0 Å². The molecule has 2 fully saturated rings. The number of fused-ring (bicyclic) bond motifs is 5. The van der Waals surface area contributed by atoms with Crippen molar-refractivity contribution in [2.45, 2.75) is 46.0 Å². The Bertz CT molecular complexity index is 466. The maximum atomic E-state index is 2.60. The van der Waals surface area contributed by atoms with Crippen LogP contribution < -0.4 is 0 Å². The van der Waals surface area contributed by atoms with Crippen molar-refractivity contribution >= 4 is 0 Å². The van der Waals surface area contributed by atoms with E-state index in [1.54, 1.807) is 5.57 Å². The first-order chi connectivity index (χ1) is 9.20. The van der Waals surface area contributed by atoms with E-state index < -0.39 is 0 Å². The summed E-state index contributed by atoms with van der Waals surface area (Å²) in [5, 5.41) is 0. The van der Waals surface area contributed by atoms with Gasteiger partial charge in [-0.3, -0.25) is 0 Å². The van der Waals surface area contributed by atoms with Gasteiger partial charge in [0.25, 0.3) is 0 Å². The van der Waals surface area contributed by atoms with Crippen LogP contribution in [0.2, 0.25) is 0 Å². The molecule has 2 saturated carbocycles. The van der Waals surface area contributed by atoms with Crippen molar-refractivity contribution in [1.29, 1.82) is 0 Å². The molecule has 4 aliphatic rings. The normalized spacial score (nSPS) is 51.3. The summed E-state index contributed by atoms with van der Waals surface area (Å²) >= 11 is 0. The van der Waals surface area contributed by atoms with Gasteiger partial charge < -0.3 is 0 Å². The highest BCUT2D eigenvalue weighted by Crippen LogP contribution is 2.62. The van der Waals surface area contributed by atoms with Crippen LogP contribution in [-0.4, -0.2) is 0 Å². The molecule has 0 aromatic carbocycles. The van der Waals surface area contributed by atoms with E-state index in [4.69, 9.17) is 0 Å². The van der Waals surface area contributed by atoms with E-state index in [9.17, 15) is 0 Å². The zero-order chi connectivity index (χ0) is 13.0. The number of hydrogen-bond acceptors (Lipinski definition) is 0. The molecule has 19 heavy (non-hydrogen) atoms. The summed E-state index contributed by atoms with van der Waals surface area (Å²) in [6.07, 6.45) is 19.1. The van der Waals surface area contributed by atoms with E-state index in [-0.39, 0.29) is 0 Å². The van der Waals surface area contributed by atoms with Crippen molar-refractivity contribution in [2.24, 2.45) is 35.0 Å². The Morgan fingerprint density at radius 2 is 2.00 bits per heavy atom. The van der Waals surface area contributed by atoms with Crippen LogP contribution in [0, 0.1) is 35.0 Å². The Hall–Kier alpha value is -0.780. The summed E-state index contributed by atoms with van der Waals surface area (Å²) in [5.74, 6) is 4.59. The monoisotopic (exact) mass is 254 g/mol. The second-order valence-electron chi connectivity index (χ2n) is 7.67. The van der Waals surface area contributed by atoms with E-state index >= 15 is 0 Å². The number of rotatable bonds is 0. The lowest BCUT2D eigenvalue weighted by Gasteiger charge is -2.52. The minimum absolute atomic E-state index is 0.654. The highest BCUT2D eigenvalue weighted by atomic mass is 14.6. The minimum atomic E-state index is 0.654. The molecular weight excluding hydrogens is 228 g/mol. The van der Waals surface area contributed by atoms with Crippen LogP contribution in [0.15, 0.2) is 36.0 Å². The molecule has 0 aliphatic heterocycles. The molecule has 0 amide bonds. The van der Waals surface area contributed by atoms with Crippen molar-refractivity contribution in [3.63, 3.8) is 0 Å². The summed E-state index contributed by atoms with van der Waals surface area (Å²) in [7, 11) is 0. The van der Waals surface area contributed by atoms with E-state index in [0.717, 1.165) is 29.6 Å². The highest BCUT2D eigenvalue weighted by Gasteiger charge is 2.53. The van der Waals surface area contributed by atoms with Gasteiger partial charge in [0.1, 0.15) is 0 Å². The third-order valence-corrected chi connectivity index (χ3v) is 7.16. The van der Waals surface area contributed by atoms with Crippen LogP contribution in [0.5, 0.6) is 0 Å². The Morgan fingerprint density at radius 1 is 1.11 bits per heavy atom. The van der Waals surface area contributed by atoms with Gasteiger partial charge in [-0.15, -0.1) is 0 Å². The van der Waals surface area contributed by atoms with Gasteiger partial charge in [-0.25, -0.2) is 0 Å². The number of hydrogen-bond donors (Lipinski definition) is 0. The summed E-state index contributed by atoms with van der Waals surface area (Å²) in [5.41, 5.74) is 2.26. The Morgan fingerprint density at radius 3 is 2.89 bits per heavy atom. The molecule has 0 heteroatoms. The van der Waals surface area contributed by atoms with Crippen LogP contribution >= 0.6 is 0 Å². The summed E-state index contributed by atoms with van der Waals surface area (Å²) < 4.78 is 0. The van der Waals surface area contributed by atoms with E-state index in [1.807, 2.05) is 0 Å². The molecule has 0 spiro atoms. The molecular formula is C19H26. The first kappa shape index (κ1) is 12.0. The SMILES string of the molecule is C[C@H]1CC[C@H]2[C@@H]3CC=C4C=CC=C[C@@H]4[C@H]3CC[C@]12C. The maximum Gasteiger partial charge on any atom is 0.00490 e. The second kappa shape index (κ2) is 4.11. The average molecular weight is 254 g/mol. The molecule has 4 aliphatic carbocycles. The fraction of sp³-hybridized carbons (Fsp3) is 0.684. The molecule has 0 saturated heterocycles. The summed E-state index contributed by atoms with van der Waals surface area (Å²) in [6.45, 7) is 5.11. The minimum Gasteiger partial charge on any atom is -0.0804 e. The van der Waals surface area contributed by atoms with Crippen molar-refractivity contribution in [1.82, 2.24) is 0 Å². The molecule has 0 nitrogen and oxygen atoms in total. The average Bonchev–Trinajstić information content (AvgIpc) is 2.75. The Balaban J connectivity index is 1.68. The van der Waals surface area contributed by atoms with Gasteiger partial charge in [0, 0.05) is 5.92 Å². The fourth-order valence-corrected chi connectivity index (χ4v) is 5.80. The molecule has 0 radical (unpaired) electrons. The van der Waals surface area contributed by atoms with Crippen LogP contribution in [-0.2, 0) is 0 Å². The van der Waals surface area contributed by atoms with Crippen molar-refractivity contribution < 1.29 is 0 Å². The molecule has 4 rings (SSSR count). The quantitative estimate of drug-likeness (QED) is 0.561. The molecule has 0 aromatic rings. The molecule has 0 bridgehead atoms. The van der Waals surface area contributed by atoms with Gasteiger partial charge in [0.15, 0.2) is 0 Å². The van der Waals surface area contributed by atoms with Crippen LogP contribution in [0.4, 0.5) is 0 Å². The maximum absolute atomic E-state index is 2.60. The molecule has 0 heterocycles. The predicted octanol–water partition coefficient (Wildman–Crippen LogP) is 5.14. The van der Waals surface area contributed by atoms with Gasteiger partial charge in [-0.05, 0) is 66.8 Å². The lowest BCUT2D eigenvalue weighted by molar-refractivity contribution is 0.00365. The summed E-state index contributed by atoms with van der Waals surface area (Å²) in [6, 6.07) is 0. The fourth-order valence-electron chi connectivity index (χ4n) is 5.80. The second-order valence-corrected chi connectivity index (χ2v) is 7.67. The van der Waals surface area contributed by atoms with Gasteiger partial charge >= 0.3 is 0 Å². The van der Waals surface area contributed by atoms with E-state index in [0.29, 0.717) is 5.41 Å². The Labute approximate surface area is 117 Å². The van der Waals surface area contributed by atoms with E-state index in [1.165, 1.54) is 32.1 Å². The van der Waals surface area contributed by atoms with Crippen molar-refractivity contribution in [3.05, 3.63) is 36.0 Å². The first-order valence-electron chi connectivity index (χ1n) is 8.25. The first-order valence-corrected chi connectivity index (χ1v) is 8.25. The van der Waals surface area contributed by atoms with Crippen LogP contribution in [0.25, 0.3) is 0 Å². The smallest absolute Gasteiger partial charge is 0.00490 e. The third kappa shape index (κ3) is 1.58. The molecule has 6 atom stereocenters. The molecule has 102 valence electrons. The van der Waals surface area contributed by atoms with Gasteiger partial charge in [0.2, 0.25) is 0 Å². The zero-order valence-electron chi connectivity index (χ0n) is 12.3. The van der Waals surface area contributed by atoms with Crippen molar-refractivity contribution in [2.75, 3.05) is 0 Å². The molecule has 0 unspecified atom stereocenters. The largest absolute Gasteiger partial charge is 0.0804 e. The van der Waals surface area contributed by atoms with Crippen molar-refractivity contribution in [3.8, 4) is 0 Å². The van der Waals surface area contributed by atoms with Gasteiger partial charge in [-0.1, -0.05) is 44.2 Å². The standard InChI is InChI=1S/C19H26/c1-13-7-10-18-17-9-8-14-5-3-4-6-15(14)16(17)11-12-19(13,18)2/h3-6,8,13,15-18H,7,9-12H2,1-2H3/t13-,15-,16+,17+,18-,19+/m0/s1. The predicted molar refractivity (Wildman–Crippen MR) is 80.7 cm³/mol. The highest BCUT2D eigenvalue weighted by molar-refractivity contribution is 5.36. The summed E-state index contributed by atoms with van der Waals surface area (Å²) in [4.78, 5) is 0. The molecule has 0 N–H and O–H groups in total. The van der Waals surface area contributed by atoms with Crippen LogP contribution in [0.3, 0.4) is 0 Å². The topological polar surface area (TPSA) is 0 Å². The third-order valence-electron chi connectivity index (χ3n) is 7.16.